The first kappa shape index (κ1) is 21.5. The molecule has 2 N–H and O–H groups in total. The molecule has 0 saturated carbocycles. The molecular formula is C25H23N3O3S. The van der Waals surface area contributed by atoms with Crippen LogP contribution in [-0.2, 0) is 11.2 Å². The largest absolute Gasteiger partial charge is 0.459 e. The molecule has 4 aromatic rings. The zero-order valence-electron chi connectivity index (χ0n) is 17.4. The highest BCUT2D eigenvalue weighted by atomic mass is 32.1. The smallest absolute Gasteiger partial charge is 0.293 e. The summed E-state index contributed by atoms with van der Waals surface area (Å²) < 4.78 is 5.07. The molecule has 0 unspecified atom stereocenters. The molecule has 0 aliphatic heterocycles. The lowest BCUT2D eigenvalue weighted by atomic mass is 9.88. The molecule has 2 amide bonds. The molecule has 4 rings (SSSR count). The number of thiazole rings is 1. The van der Waals surface area contributed by atoms with Crippen molar-refractivity contribution in [2.45, 2.75) is 18.8 Å². The van der Waals surface area contributed by atoms with Gasteiger partial charge in [-0.2, -0.15) is 0 Å². The van der Waals surface area contributed by atoms with E-state index in [9.17, 15) is 9.59 Å². The molecule has 2 aromatic carbocycles. The standard InChI is InChI=1S/C25H23N3O3S/c29-23(16-20-17-32-25(27-20)28-24(30)22-12-7-15-31-22)26-14-13-21(18-8-3-1-4-9-18)19-10-5-2-6-11-19/h1-12,15,17,21H,13-14,16H2,(H,26,29)(H,27,28,30). The van der Waals surface area contributed by atoms with Crippen LogP contribution in [0.5, 0.6) is 0 Å². The molecular weight excluding hydrogens is 422 g/mol. The summed E-state index contributed by atoms with van der Waals surface area (Å²) in [7, 11) is 0. The number of carbonyl (C=O) groups excluding carboxylic acids is 2. The van der Waals surface area contributed by atoms with E-state index in [1.807, 2.05) is 36.4 Å². The second-order valence-electron chi connectivity index (χ2n) is 7.26. The van der Waals surface area contributed by atoms with Crippen molar-refractivity contribution in [1.29, 1.82) is 0 Å². The zero-order chi connectivity index (χ0) is 22.2. The van der Waals surface area contributed by atoms with Crippen molar-refractivity contribution >= 4 is 28.3 Å². The van der Waals surface area contributed by atoms with Gasteiger partial charge in [-0.05, 0) is 29.7 Å². The van der Waals surface area contributed by atoms with Crippen molar-refractivity contribution in [2.75, 3.05) is 11.9 Å². The Labute approximate surface area is 190 Å². The van der Waals surface area contributed by atoms with Gasteiger partial charge in [0.2, 0.25) is 5.91 Å². The van der Waals surface area contributed by atoms with E-state index in [1.165, 1.54) is 28.7 Å². The molecule has 0 atom stereocenters. The molecule has 6 nitrogen and oxygen atoms in total. The molecule has 162 valence electrons. The molecule has 0 bridgehead atoms. The van der Waals surface area contributed by atoms with Crippen molar-refractivity contribution < 1.29 is 14.0 Å². The maximum absolute atomic E-state index is 12.4. The Bertz CT molecular complexity index is 1100. The van der Waals surface area contributed by atoms with Crippen molar-refractivity contribution in [1.82, 2.24) is 10.3 Å². The van der Waals surface area contributed by atoms with Crippen LogP contribution in [-0.4, -0.2) is 23.3 Å². The van der Waals surface area contributed by atoms with Crippen LogP contribution >= 0.6 is 11.3 Å². The normalized spacial score (nSPS) is 10.8. The molecule has 0 radical (unpaired) electrons. The monoisotopic (exact) mass is 445 g/mol. The molecule has 0 aliphatic rings. The summed E-state index contributed by atoms with van der Waals surface area (Å²) in [5.74, 6) is -0.0430. The summed E-state index contributed by atoms with van der Waals surface area (Å²) in [6.07, 6.45) is 2.39. The maximum atomic E-state index is 12.4. The highest BCUT2D eigenvalue weighted by Crippen LogP contribution is 2.27. The summed E-state index contributed by atoms with van der Waals surface area (Å²) in [6, 6.07) is 23.9. The Morgan fingerprint density at radius 2 is 1.62 bits per heavy atom. The zero-order valence-corrected chi connectivity index (χ0v) is 18.2. The number of furan rings is 1. The number of aromatic nitrogens is 1. The fraction of sp³-hybridized carbons (Fsp3) is 0.160. The van der Waals surface area contributed by atoms with Gasteiger partial charge in [0.15, 0.2) is 10.9 Å². The van der Waals surface area contributed by atoms with Gasteiger partial charge in [-0.3, -0.25) is 14.9 Å². The van der Waals surface area contributed by atoms with Crippen LogP contribution in [0.15, 0.2) is 88.9 Å². The number of carbonyl (C=O) groups is 2. The van der Waals surface area contributed by atoms with Gasteiger partial charge < -0.3 is 9.73 Å². The van der Waals surface area contributed by atoms with Gasteiger partial charge >= 0.3 is 0 Å². The summed E-state index contributed by atoms with van der Waals surface area (Å²) in [5.41, 5.74) is 3.07. The Morgan fingerprint density at radius 1 is 0.938 bits per heavy atom. The third-order valence-electron chi connectivity index (χ3n) is 5.02. The molecule has 2 heterocycles. The van der Waals surface area contributed by atoms with E-state index >= 15 is 0 Å². The molecule has 2 aromatic heterocycles. The van der Waals surface area contributed by atoms with E-state index in [4.69, 9.17) is 4.42 Å². The van der Waals surface area contributed by atoms with Gasteiger partial charge in [0, 0.05) is 17.8 Å². The van der Waals surface area contributed by atoms with E-state index in [2.05, 4.69) is 39.9 Å². The second-order valence-corrected chi connectivity index (χ2v) is 8.12. The van der Waals surface area contributed by atoms with Crippen LogP contribution < -0.4 is 10.6 Å². The summed E-state index contributed by atoms with van der Waals surface area (Å²) in [6.45, 7) is 0.555. The minimum Gasteiger partial charge on any atom is -0.459 e. The lowest BCUT2D eigenvalue weighted by molar-refractivity contribution is -0.120. The van der Waals surface area contributed by atoms with E-state index in [-0.39, 0.29) is 29.9 Å². The second kappa shape index (κ2) is 10.5. The van der Waals surface area contributed by atoms with E-state index in [0.29, 0.717) is 17.4 Å². The molecule has 7 heteroatoms. The number of hydrogen-bond donors (Lipinski definition) is 2. The van der Waals surface area contributed by atoms with Gasteiger partial charge in [0.1, 0.15) is 0 Å². The number of rotatable bonds is 9. The molecule has 0 aliphatic carbocycles. The lowest BCUT2D eigenvalue weighted by Crippen LogP contribution is -2.27. The SMILES string of the molecule is O=C(Cc1csc(NC(=O)c2ccco2)n1)NCCC(c1ccccc1)c1ccccc1. The van der Waals surface area contributed by atoms with Crippen molar-refractivity contribution in [2.24, 2.45) is 0 Å². The lowest BCUT2D eigenvalue weighted by Gasteiger charge is -2.18. The van der Waals surface area contributed by atoms with Crippen LogP contribution in [0.2, 0.25) is 0 Å². The third-order valence-corrected chi connectivity index (χ3v) is 5.82. The van der Waals surface area contributed by atoms with Crippen LogP contribution in [0, 0.1) is 0 Å². The minimum atomic E-state index is -0.367. The maximum Gasteiger partial charge on any atom is 0.293 e. The Kier molecular flexibility index (Phi) is 7.09. The predicted molar refractivity (Wildman–Crippen MR) is 125 cm³/mol. The number of benzene rings is 2. The average Bonchev–Trinajstić information content (AvgIpc) is 3.50. The number of hydrogen-bond acceptors (Lipinski definition) is 5. The van der Waals surface area contributed by atoms with E-state index in [1.54, 1.807) is 17.5 Å². The number of nitrogens with one attached hydrogen (secondary N) is 2. The number of anilines is 1. The van der Waals surface area contributed by atoms with Gasteiger partial charge in [-0.15, -0.1) is 11.3 Å². The fourth-order valence-corrected chi connectivity index (χ4v) is 4.20. The highest BCUT2D eigenvalue weighted by molar-refractivity contribution is 7.14. The first-order chi connectivity index (χ1) is 15.7. The highest BCUT2D eigenvalue weighted by Gasteiger charge is 2.15. The number of nitrogens with zero attached hydrogens (tertiary/aromatic N) is 1. The molecule has 0 fully saturated rings. The quantitative estimate of drug-likeness (QED) is 0.385. The predicted octanol–water partition coefficient (Wildman–Crippen LogP) is 4.87. The van der Waals surface area contributed by atoms with Gasteiger partial charge in [-0.25, -0.2) is 4.98 Å². The Morgan fingerprint density at radius 3 is 2.25 bits per heavy atom. The van der Waals surface area contributed by atoms with Gasteiger partial charge in [0.05, 0.1) is 18.4 Å². The molecule has 0 saturated heterocycles. The number of amides is 2. The topological polar surface area (TPSA) is 84.2 Å². The fourth-order valence-electron chi connectivity index (χ4n) is 3.49. The first-order valence-corrected chi connectivity index (χ1v) is 11.2. The summed E-state index contributed by atoms with van der Waals surface area (Å²) in [4.78, 5) is 28.8. The van der Waals surface area contributed by atoms with Crippen molar-refractivity contribution in [3.63, 3.8) is 0 Å². The third kappa shape index (κ3) is 5.70. The molecule has 32 heavy (non-hydrogen) atoms. The average molecular weight is 446 g/mol. The van der Waals surface area contributed by atoms with Crippen LogP contribution in [0.25, 0.3) is 0 Å². The van der Waals surface area contributed by atoms with Gasteiger partial charge in [0.25, 0.3) is 5.91 Å². The van der Waals surface area contributed by atoms with Crippen LogP contribution in [0.1, 0.15) is 39.7 Å². The Hall–Kier alpha value is -3.71. The summed E-state index contributed by atoms with van der Waals surface area (Å²) in [5, 5.41) is 7.88. The summed E-state index contributed by atoms with van der Waals surface area (Å²) >= 11 is 1.28. The van der Waals surface area contributed by atoms with E-state index < -0.39 is 0 Å². The van der Waals surface area contributed by atoms with Crippen LogP contribution in [0.3, 0.4) is 0 Å². The molecule has 0 spiro atoms. The first-order valence-electron chi connectivity index (χ1n) is 10.3. The van der Waals surface area contributed by atoms with Gasteiger partial charge in [-0.1, -0.05) is 60.7 Å². The van der Waals surface area contributed by atoms with Crippen molar-refractivity contribution in [3.05, 3.63) is 107 Å². The minimum absolute atomic E-state index is 0.0981. The Balaban J connectivity index is 1.30. The van der Waals surface area contributed by atoms with Crippen LogP contribution in [0.4, 0.5) is 5.13 Å². The van der Waals surface area contributed by atoms with Crippen molar-refractivity contribution in [3.8, 4) is 0 Å². The van der Waals surface area contributed by atoms with E-state index in [0.717, 1.165) is 6.42 Å².